The largest absolute Gasteiger partial charge is 0.374 e. The van der Waals surface area contributed by atoms with Crippen molar-refractivity contribution in [1.82, 2.24) is 5.32 Å². The highest BCUT2D eigenvalue weighted by molar-refractivity contribution is 5.26. The molecule has 19 heavy (non-hydrogen) atoms. The van der Waals surface area contributed by atoms with E-state index < -0.39 is 0 Å². The summed E-state index contributed by atoms with van der Waals surface area (Å²) >= 11 is 0. The van der Waals surface area contributed by atoms with Crippen molar-refractivity contribution in [2.75, 3.05) is 0 Å². The van der Waals surface area contributed by atoms with E-state index in [1.807, 2.05) is 0 Å². The van der Waals surface area contributed by atoms with E-state index in [-0.39, 0.29) is 0 Å². The number of hydrogen-bond donors (Lipinski definition) is 1. The highest BCUT2D eigenvalue weighted by Gasteiger charge is 2.20. The second-order valence-electron chi connectivity index (χ2n) is 5.99. The molecular formula is C17H25NO. The molecule has 1 aromatic carbocycles. The average molecular weight is 259 g/mol. The average Bonchev–Trinajstić information content (AvgIpc) is 3.29. The Balaban J connectivity index is 1.52. The summed E-state index contributed by atoms with van der Waals surface area (Å²) in [6, 6.07) is 9.47. The van der Waals surface area contributed by atoms with Gasteiger partial charge in [0.25, 0.3) is 0 Å². The molecule has 0 aliphatic heterocycles. The summed E-state index contributed by atoms with van der Waals surface area (Å²) in [5, 5.41) is 3.60. The van der Waals surface area contributed by atoms with Gasteiger partial charge in [0.2, 0.25) is 0 Å². The lowest BCUT2D eigenvalue weighted by atomic mass is 9.98. The molecule has 1 N–H and O–H groups in total. The molecule has 0 bridgehead atoms. The smallest absolute Gasteiger partial charge is 0.0723 e. The van der Waals surface area contributed by atoms with E-state index in [4.69, 9.17) is 4.74 Å². The van der Waals surface area contributed by atoms with Gasteiger partial charge in [-0.05, 0) is 36.8 Å². The van der Waals surface area contributed by atoms with E-state index in [1.54, 1.807) is 0 Å². The van der Waals surface area contributed by atoms with Crippen LogP contribution in [0.5, 0.6) is 0 Å². The van der Waals surface area contributed by atoms with Gasteiger partial charge in [-0.25, -0.2) is 0 Å². The molecule has 0 radical (unpaired) electrons. The van der Waals surface area contributed by atoms with Crippen LogP contribution >= 0.6 is 0 Å². The maximum Gasteiger partial charge on any atom is 0.0723 e. The van der Waals surface area contributed by atoms with Crippen LogP contribution in [0.15, 0.2) is 24.3 Å². The van der Waals surface area contributed by atoms with E-state index in [0.29, 0.717) is 6.10 Å². The first kappa shape index (κ1) is 13.1. The zero-order valence-electron chi connectivity index (χ0n) is 11.7. The highest BCUT2D eigenvalue weighted by atomic mass is 16.5. The molecule has 2 aliphatic rings. The number of rotatable bonds is 6. The van der Waals surface area contributed by atoms with Gasteiger partial charge in [0.1, 0.15) is 0 Å². The molecule has 0 amide bonds. The van der Waals surface area contributed by atoms with Gasteiger partial charge in [0.05, 0.1) is 12.7 Å². The van der Waals surface area contributed by atoms with Crippen molar-refractivity contribution >= 4 is 0 Å². The summed E-state index contributed by atoms with van der Waals surface area (Å²) in [6.45, 7) is 1.78. The first-order chi connectivity index (χ1) is 9.42. The molecule has 0 heterocycles. The summed E-state index contributed by atoms with van der Waals surface area (Å²) in [5.74, 6) is 0. The van der Waals surface area contributed by atoms with Gasteiger partial charge in [-0.3, -0.25) is 0 Å². The number of benzene rings is 1. The fourth-order valence-corrected chi connectivity index (χ4v) is 2.85. The molecule has 1 aromatic rings. The fourth-order valence-electron chi connectivity index (χ4n) is 2.85. The number of ether oxygens (including phenoxy) is 1. The highest BCUT2D eigenvalue weighted by Crippen LogP contribution is 2.23. The first-order valence-corrected chi connectivity index (χ1v) is 7.83. The molecule has 0 unspecified atom stereocenters. The van der Waals surface area contributed by atoms with Gasteiger partial charge in [-0.15, -0.1) is 0 Å². The normalized spacial score (nSPS) is 20.6. The van der Waals surface area contributed by atoms with Gasteiger partial charge in [-0.2, -0.15) is 0 Å². The van der Waals surface area contributed by atoms with Crippen LogP contribution in [0.25, 0.3) is 0 Å². The number of nitrogens with one attached hydrogen (secondary N) is 1. The molecule has 2 fully saturated rings. The molecule has 2 aliphatic carbocycles. The first-order valence-electron chi connectivity index (χ1n) is 7.83. The standard InChI is InChI=1S/C17H25NO/c1-2-8-17(9-3-1)19-13-15-7-5-4-6-14(15)12-18-16-10-11-16/h4-7,16-18H,1-3,8-13H2. The Morgan fingerprint density at radius 2 is 1.68 bits per heavy atom. The van der Waals surface area contributed by atoms with Crippen molar-refractivity contribution in [2.45, 2.75) is 70.2 Å². The second kappa shape index (κ2) is 6.53. The van der Waals surface area contributed by atoms with E-state index in [2.05, 4.69) is 29.6 Å². The van der Waals surface area contributed by atoms with Crippen molar-refractivity contribution in [3.8, 4) is 0 Å². The second-order valence-corrected chi connectivity index (χ2v) is 5.99. The molecule has 0 spiro atoms. The molecular weight excluding hydrogens is 234 g/mol. The van der Waals surface area contributed by atoms with Crippen LogP contribution in [0.1, 0.15) is 56.1 Å². The van der Waals surface area contributed by atoms with E-state index in [9.17, 15) is 0 Å². The van der Waals surface area contributed by atoms with Crippen LogP contribution in [-0.4, -0.2) is 12.1 Å². The minimum absolute atomic E-state index is 0.498. The Bertz CT molecular complexity index is 394. The van der Waals surface area contributed by atoms with Crippen molar-refractivity contribution in [1.29, 1.82) is 0 Å². The Hall–Kier alpha value is -0.860. The summed E-state index contributed by atoms with van der Waals surface area (Å²) in [7, 11) is 0. The van der Waals surface area contributed by atoms with Gasteiger partial charge in [0, 0.05) is 12.6 Å². The van der Waals surface area contributed by atoms with Crippen LogP contribution in [-0.2, 0) is 17.9 Å². The minimum atomic E-state index is 0.498. The quantitative estimate of drug-likeness (QED) is 0.839. The lowest BCUT2D eigenvalue weighted by Gasteiger charge is -2.22. The zero-order valence-corrected chi connectivity index (χ0v) is 11.7. The van der Waals surface area contributed by atoms with Crippen molar-refractivity contribution < 1.29 is 4.74 Å². The Labute approximate surface area is 116 Å². The fraction of sp³-hybridized carbons (Fsp3) is 0.647. The summed E-state index contributed by atoms with van der Waals surface area (Å²) < 4.78 is 6.10. The maximum absolute atomic E-state index is 6.10. The maximum atomic E-state index is 6.10. The molecule has 0 saturated heterocycles. The molecule has 3 rings (SSSR count). The SMILES string of the molecule is c1ccc(COC2CCCCC2)c(CNC2CC2)c1. The summed E-state index contributed by atoms with van der Waals surface area (Å²) in [4.78, 5) is 0. The van der Waals surface area contributed by atoms with Gasteiger partial charge in [-0.1, -0.05) is 43.5 Å². The third-order valence-corrected chi connectivity index (χ3v) is 4.30. The van der Waals surface area contributed by atoms with Crippen LogP contribution < -0.4 is 5.32 Å². The third-order valence-electron chi connectivity index (χ3n) is 4.30. The summed E-state index contributed by atoms with van der Waals surface area (Å²) in [5.41, 5.74) is 2.77. The molecule has 2 heteroatoms. The van der Waals surface area contributed by atoms with Gasteiger partial charge < -0.3 is 10.1 Å². The molecule has 104 valence electrons. The predicted octanol–water partition coefficient (Wildman–Crippen LogP) is 3.79. The Morgan fingerprint density at radius 3 is 2.42 bits per heavy atom. The topological polar surface area (TPSA) is 21.3 Å². The number of hydrogen-bond acceptors (Lipinski definition) is 2. The lowest BCUT2D eigenvalue weighted by molar-refractivity contribution is 0.0165. The van der Waals surface area contributed by atoms with Crippen LogP contribution in [0.3, 0.4) is 0 Å². The molecule has 2 saturated carbocycles. The van der Waals surface area contributed by atoms with Crippen LogP contribution in [0.2, 0.25) is 0 Å². The predicted molar refractivity (Wildman–Crippen MR) is 78.0 cm³/mol. The van der Waals surface area contributed by atoms with E-state index in [0.717, 1.165) is 19.2 Å². The monoisotopic (exact) mass is 259 g/mol. The van der Waals surface area contributed by atoms with Crippen molar-refractivity contribution in [3.05, 3.63) is 35.4 Å². The van der Waals surface area contributed by atoms with Crippen molar-refractivity contribution in [2.24, 2.45) is 0 Å². The van der Waals surface area contributed by atoms with E-state index >= 15 is 0 Å². The lowest BCUT2D eigenvalue weighted by Crippen LogP contribution is -2.19. The summed E-state index contributed by atoms with van der Waals surface area (Å²) in [6.07, 6.45) is 9.78. The van der Waals surface area contributed by atoms with Gasteiger partial charge >= 0.3 is 0 Å². The van der Waals surface area contributed by atoms with Crippen LogP contribution in [0.4, 0.5) is 0 Å². The van der Waals surface area contributed by atoms with Crippen molar-refractivity contribution in [3.63, 3.8) is 0 Å². The third kappa shape index (κ3) is 4.05. The van der Waals surface area contributed by atoms with Crippen LogP contribution in [0, 0.1) is 0 Å². The minimum Gasteiger partial charge on any atom is -0.374 e. The zero-order chi connectivity index (χ0) is 12.9. The molecule has 2 nitrogen and oxygen atoms in total. The Kier molecular flexibility index (Phi) is 4.52. The Morgan fingerprint density at radius 1 is 0.947 bits per heavy atom. The van der Waals surface area contributed by atoms with Gasteiger partial charge in [0.15, 0.2) is 0 Å². The van der Waals surface area contributed by atoms with E-state index in [1.165, 1.54) is 56.1 Å². The molecule has 0 atom stereocenters. The molecule has 0 aromatic heterocycles.